The molecule has 1 aromatic rings. The van der Waals surface area contributed by atoms with Crippen LogP contribution in [0.2, 0.25) is 0 Å². The minimum atomic E-state index is -3.64. The Morgan fingerprint density at radius 3 is 2.45 bits per heavy atom. The van der Waals surface area contributed by atoms with E-state index in [1.165, 1.54) is 12.1 Å². The first-order chi connectivity index (χ1) is 9.29. The van der Waals surface area contributed by atoms with Crippen molar-refractivity contribution in [3.8, 4) is 0 Å². The smallest absolute Gasteiger partial charge is 0.242 e. The molecule has 0 bridgehead atoms. The SMILES string of the molecule is CCNS(=O)(=O)c1ccccc1NC(=O)[C@H](N)C(C)C. The van der Waals surface area contributed by atoms with Gasteiger partial charge in [0.1, 0.15) is 4.90 Å². The number of carbonyl (C=O) groups is 1. The number of carbonyl (C=O) groups excluding carboxylic acids is 1. The molecule has 0 aliphatic heterocycles. The number of anilines is 1. The monoisotopic (exact) mass is 299 g/mol. The standard InChI is InChI=1S/C13H21N3O3S/c1-4-15-20(18,19)11-8-6-5-7-10(11)16-13(17)12(14)9(2)3/h5-9,12,15H,4,14H2,1-3H3,(H,16,17)/t12-/m1/s1. The van der Waals surface area contributed by atoms with Crippen LogP contribution in [-0.4, -0.2) is 26.9 Å². The second-order valence-corrected chi connectivity index (χ2v) is 6.49. The number of sulfonamides is 1. The van der Waals surface area contributed by atoms with E-state index in [0.29, 0.717) is 0 Å². The Hall–Kier alpha value is -1.44. The molecule has 1 rings (SSSR count). The fraction of sp³-hybridized carbons (Fsp3) is 0.462. The van der Waals surface area contributed by atoms with Crippen molar-refractivity contribution < 1.29 is 13.2 Å². The predicted molar refractivity (Wildman–Crippen MR) is 78.7 cm³/mol. The first kappa shape index (κ1) is 16.6. The Morgan fingerprint density at radius 1 is 1.30 bits per heavy atom. The minimum absolute atomic E-state index is 0.0335. The second-order valence-electron chi connectivity index (χ2n) is 4.76. The summed E-state index contributed by atoms with van der Waals surface area (Å²) in [7, 11) is -3.64. The lowest BCUT2D eigenvalue weighted by atomic mass is 10.1. The third kappa shape index (κ3) is 4.03. The highest BCUT2D eigenvalue weighted by Gasteiger charge is 2.22. The first-order valence-electron chi connectivity index (χ1n) is 6.44. The van der Waals surface area contributed by atoms with Crippen molar-refractivity contribution in [2.75, 3.05) is 11.9 Å². The number of nitrogens with two attached hydrogens (primary N) is 1. The minimum Gasteiger partial charge on any atom is -0.324 e. The highest BCUT2D eigenvalue weighted by molar-refractivity contribution is 7.89. The molecule has 4 N–H and O–H groups in total. The van der Waals surface area contributed by atoms with Crippen molar-refractivity contribution in [2.24, 2.45) is 11.7 Å². The van der Waals surface area contributed by atoms with E-state index in [1.54, 1.807) is 19.1 Å². The van der Waals surface area contributed by atoms with Gasteiger partial charge in [-0.15, -0.1) is 0 Å². The van der Waals surface area contributed by atoms with Crippen LogP contribution in [0.3, 0.4) is 0 Å². The highest BCUT2D eigenvalue weighted by Crippen LogP contribution is 2.21. The van der Waals surface area contributed by atoms with Gasteiger partial charge in [-0.3, -0.25) is 4.79 Å². The van der Waals surface area contributed by atoms with Gasteiger partial charge < -0.3 is 11.1 Å². The van der Waals surface area contributed by atoms with Gasteiger partial charge in [0.2, 0.25) is 15.9 Å². The van der Waals surface area contributed by atoms with E-state index < -0.39 is 22.0 Å². The summed E-state index contributed by atoms with van der Waals surface area (Å²) in [6.45, 7) is 5.61. The lowest BCUT2D eigenvalue weighted by molar-refractivity contribution is -0.118. The van der Waals surface area contributed by atoms with Crippen molar-refractivity contribution in [1.82, 2.24) is 4.72 Å². The van der Waals surface area contributed by atoms with E-state index >= 15 is 0 Å². The molecule has 0 unspecified atom stereocenters. The average Bonchev–Trinajstić information content (AvgIpc) is 2.38. The van der Waals surface area contributed by atoms with Gasteiger partial charge in [-0.25, -0.2) is 13.1 Å². The molecule has 1 atom stereocenters. The summed E-state index contributed by atoms with van der Waals surface area (Å²) in [6.07, 6.45) is 0. The number of hydrogen-bond donors (Lipinski definition) is 3. The van der Waals surface area contributed by atoms with Crippen molar-refractivity contribution in [2.45, 2.75) is 31.7 Å². The third-order valence-electron chi connectivity index (χ3n) is 2.79. The molecule has 6 nitrogen and oxygen atoms in total. The molecule has 1 aromatic carbocycles. The Kier molecular flexibility index (Phi) is 5.67. The maximum atomic E-state index is 12.0. The number of nitrogens with one attached hydrogen (secondary N) is 2. The molecule has 7 heteroatoms. The summed E-state index contributed by atoms with van der Waals surface area (Å²) in [6, 6.07) is 5.54. The molecule has 0 aliphatic carbocycles. The molecule has 0 aromatic heterocycles. The van der Waals surface area contributed by atoms with Crippen LogP contribution in [0.15, 0.2) is 29.2 Å². The van der Waals surface area contributed by atoms with Crippen molar-refractivity contribution >= 4 is 21.6 Å². The van der Waals surface area contributed by atoms with Crippen LogP contribution in [0, 0.1) is 5.92 Å². The van der Waals surface area contributed by atoms with Crippen LogP contribution in [0.4, 0.5) is 5.69 Å². The topological polar surface area (TPSA) is 101 Å². The lowest BCUT2D eigenvalue weighted by Gasteiger charge is -2.17. The van der Waals surface area contributed by atoms with Gasteiger partial charge in [-0.2, -0.15) is 0 Å². The molecular weight excluding hydrogens is 278 g/mol. The van der Waals surface area contributed by atoms with Crippen LogP contribution >= 0.6 is 0 Å². The summed E-state index contributed by atoms with van der Waals surface area (Å²) in [5.41, 5.74) is 5.98. The Balaban J connectivity index is 3.06. The number of rotatable bonds is 6. The van der Waals surface area contributed by atoms with Gasteiger partial charge in [0.05, 0.1) is 11.7 Å². The molecule has 1 amide bonds. The second kappa shape index (κ2) is 6.83. The largest absolute Gasteiger partial charge is 0.324 e. The predicted octanol–water partition coefficient (Wildman–Crippen LogP) is 0.907. The number of amides is 1. The van der Waals surface area contributed by atoms with Gasteiger partial charge in [0.25, 0.3) is 0 Å². The molecule has 0 fully saturated rings. The number of hydrogen-bond acceptors (Lipinski definition) is 4. The van der Waals surface area contributed by atoms with Gasteiger partial charge in [0, 0.05) is 6.54 Å². The van der Waals surface area contributed by atoms with E-state index in [4.69, 9.17) is 5.73 Å². The first-order valence-corrected chi connectivity index (χ1v) is 7.93. The van der Waals surface area contributed by atoms with Crippen molar-refractivity contribution in [3.63, 3.8) is 0 Å². The van der Waals surface area contributed by atoms with Crippen LogP contribution < -0.4 is 15.8 Å². The normalized spacial score (nSPS) is 13.2. The maximum Gasteiger partial charge on any atom is 0.242 e. The van der Waals surface area contributed by atoms with Crippen molar-refractivity contribution in [1.29, 1.82) is 0 Å². The molecule has 0 aliphatic rings. The number of para-hydroxylation sites is 1. The molecule has 0 spiro atoms. The Morgan fingerprint density at radius 2 is 1.90 bits per heavy atom. The van der Waals surface area contributed by atoms with Crippen LogP contribution in [0.1, 0.15) is 20.8 Å². The summed E-state index contributed by atoms with van der Waals surface area (Å²) in [5, 5.41) is 2.57. The van der Waals surface area contributed by atoms with Gasteiger partial charge >= 0.3 is 0 Å². The molecule has 0 saturated heterocycles. The van der Waals surface area contributed by atoms with Gasteiger partial charge in [0.15, 0.2) is 0 Å². The molecule has 20 heavy (non-hydrogen) atoms. The quantitative estimate of drug-likeness (QED) is 0.726. The Labute approximate surface area is 119 Å². The van der Waals surface area contributed by atoms with E-state index in [1.807, 2.05) is 13.8 Å². The summed E-state index contributed by atoms with van der Waals surface area (Å²) in [4.78, 5) is 12.0. The van der Waals surface area contributed by atoms with E-state index in [2.05, 4.69) is 10.0 Å². The van der Waals surface area contributed by atoms with Crippen molar-refractivity contribution in [3.05, 3.63) is 24.3 Å². The van der Waals surface area contributed by atoms with Crippen LogP contribution in [0.25, 0.3) is 0 Å². The van der Waals surface area contributed by atoms with Gasteiger partial charge in [-0.1, -0.05) is 32.9 Å². The fourth-order valence-corrected chi connectivity index (χ4v) is 2.79. The molecule has 0 radical (unpaired) electrons. The molecule has 112 valence electrons. The van der Waals surface area contributed by atoms with E-state index in [0.717, 1.165) is 0 Å². The zero-order valence-corrected chi connectivity index (χ0v) is 12.7. The summed E-state index contributed by atoms with van der Waals surface area (Å²) >= 11 is 0. The number of benzene rings is 1. The van der Waals surface area contributed by atoms with Gasteiger partial charge in [-0.05, 0) is 18.1 Å². The summed E-state index contributed by atoms with van der Waals surface area (Å²) in [5.74, 6) is -0.438. The maximum absolute atomic E-state index is 12.0. The Bertz CT molecular complexity index is 570. The van der Waals surface area contributed by atoms with Crippen LogP contribution in [-0.2, 0) is 14.8 Å². The molecule has 0 saturated carbocycles. The lowest BCUT2D eigenvalue weighted by Crippen LogP contribution is -2.40. The summed E-state index contributed by atoms with van der Waals surface area (Å²) < 4.78 is 26.5. The van der Waals surface area contributed by atoms with E-state index in [9.17, 15) is 13.2 Å². The average molecular weight is 299 g/mol. The third-order valence-corrected chi connectivity index (χ3v) is 4.39. The fourth-order valence-electron chi connectivity index (χ4n) is 1.59. The zero-order valence-electron chi connectivity index (χ0n) is 11.9. The van der Waals surface area contributed by atoms with E-state index in [-0.39, 0.29) is 23.0 Å². The highest BCUT2D eigenvalue weighted by atomic mass is 32.2. The van der Waals surface area contributed by atoms with Crippen LogP contribution in [0.5, 0.6) is 0 Å². The molecular formula is C13H21N3O3S. The zero-order chi connectivity index (χ0) is 15.3. The molecule has 0 heterocycles.